The predicted octanol–water partition coefficient (Wildman–Crippen LogP) is 1.23. The van der Waals surface area contributed by atoms with Crippen molar-refractivity contribution in [3.8, 4) is 0 Å². The summed E-state index contributed by atoms with van der Waals surface area (Å²) in [6.07, 6.45) is 1.05. The number of likely N-dealkylation sites (N-methyl/N-ethyl adjacent to an activating group) is 1. The minimum atomic E-state index is -0.265. The van der Waals surface area contributed by atoms with E-state index in [1.54, 1.807) is 6.07 Å². The maximum Gasteiger partial charge on any atom is 0.336 e. The van der Waals surface area contributed by atoms with Gasteiger partial charge >= 0.3 is 5.63 Å². The number of hydrogen-bond donors (Lipinski definition) is 2. The predicted molar refractivity (Wildman–Crippen MR) is 109 cm³/mol. The van der Waals surface area contributed by atoms with Crippen LogP contribution >= 0.6 is 0 Å². The molecule has 0 radical (unpaired) electrons. The Bertz CT molecular complexity index is 961. The molecule has 0 unspecified atom stereocenters. The molecule has 2 aromatic carbocycles. The fourth-order valence-electron chi connectivity index (χ4n) is 3.56. The number of quaternary nitrogens is 2. The van der Waals surface area contributed by atoms with Crippen LogP contribution in [0.2, 0.25) is 0 Å². The molecular weight excluding hydrogens is 336 g/mol. The van der Waals surface area contributed by atoms with Gasteiger partial charge < -0.3 is 14.6 Å². The number of aryl methyl sites for hydroxylation is 2. The molecule has 4 nitrogen and oxygen atoms in total. The van der Waals surface area contributed by atoms with Crippen LogP contribution in [0.4, 0.5) is 0 Å². The van der Waals surface area contributed by atoms with Crippen molar-refractivity contribution in [2.45, 2.75) is 32.9 Å². The van der Waals surface area contributed by atoms with E-state index in [0.717, 1.165) is 47.2 Å². The Morgan fingerprint density at radius 1 is 1.07 bits per heavy atom. The summed E-state index contributed by atoms with van der Waals surface area (Å²) >= 11 is 0. The maximum atomic E-state index is 12.0. The van der Waals surface area contributed by atoms with Gasteiger partial charge in [0.15, 0.2) is 0 Å². The highest BCUT2D eigenvalue weighted by molar-refractivity contribution is 5.83. The average Bonchev–Trinajstić information content (AvgIpc) is 2.65. The molecule has 142 valence electrons. The lowest BCUT2D eigenvalue weighted by molar-refractivity contribution is -0.903. The Hall–Kier alpha value is -2.43. The average molecular weight is 367 g/mol. The highest BCUT2D eigenvalue weighted by atomic mass is 16.4. The van der Waals surface area contributed by atoms with Gasteiger partial charge in [-0.3, -0.25) is 0 Å². The molecule has 0 fully saturated rings. The molecule has 0 aliphatic rings. The van der Waals surface area contributed by atoms with Gasteiger partial charge in [-0.25, -0.2) is 4.79 Å². The van der Waals surface area contributed by atoms with E-state index in [-0.39, 0.29) is 5.63 Å². The second kappa shape index (κ2) is 8.51. The third-order valence-corrected chi connectivity index (χ3v) is 5.47. The molecule has 1 atom stereocenters. The molecule has 4 heteroatoms. The van der Waals surface area contributed by atoms with Gasteiger partial charge in [0, 0.05) is 23.4 Å². The Morgan fingerprint density at radius 3 is 2.52 bits per heavy atom. The van der Waals surface area contributed by atoms with Crippen LogP contribution in [0.3, 0.4) is 0 Å². The Kier molecular flexibility index (Phi) is 6.09. The first-order valence-corrected chi connectivity index (χ1v) is 9.64. The Labute approximate surface area is 160 Å². The van der Waals surface area contributed by atoms with Crippen LogP contribution < -0.4 is 15.8 Å². The van der Waals surface area contributed by atoms with Crippen LogP contribution in [0, 0.1) is 13.8 Å². The van der Waals surface area contributed by atoms with Crippen molar-refractivity contribution >= 4 is 11.0 Å². The van der Waals surface area contributed by atoms with Crippen molar-refractivity contribution in [3.63, 3.8) is 0 Å². The summed E-state index contributed by atoms with van der Waals surface area (Å²) in [6, 6.07) is 17.0. The zero-order valence-electron chi connectivity index (χ0n) is 16.7. The summed E-state index contributed by atoms with van der Waals surface area (Å²) in [5.74, 6) is 0. The van der Waals surface area contributed by atoms with E-state index in [0.29, 0.717) is 6.04 Å². The first-order chi connectivity index (χ1) is 13.0. The number of fused-ring (bicyclic) bond motifs is 1. The topological polar surface area (TPSA) is 51.3 Å². The molecule has 1 aromatic heterocycles. The van der Waals surface area contributed by atoms with Crippen LogP contribution in [-0.2, 0) is 13.0 Å². The quantitative estimate of drug-likeness (QED) is 0.618. The highest BCUT2D eigenvalue weighted by Crippen LogP contribution is 2.22. The summed E-state index contributed by atoms with van der Waals surface area (Å²) < 4.78 is 5.49. The fraction of sp³-hybridized carbons (Fsp3) is 0.348. The van der Waals surface area contributed by atoms with Gasteiger partial charge in [0.05, 0.1) is 14.1 Å². The molecule has 0 bridgehead atoms. The van der Waals surface area contributed by atoms with E-state index < -0.39 is 0 Å². The normalized spacial score (nSPS) is 12.6. The molecule has 3 N–H and O–H groups in total. The van der Waals surface area contributed by atoms with Crippen LogP contribution in [0.1, 0.15) is 22.3 Å². The van der Waals surface area contributed by atoms with Crippen molar-refractivity contribution < 1.29 is 14.6 Å². The van der Waals surface area contributed by atoms with Gasteiger partial charge in [0.2, 0.25) is 0 Å². The van der Waals surface area contributed by atoms with Gasteiger partial charge in [-0.15, -0.1) is 0 Å². The molecule has 3 aromatic rings. The van der Waals surface area contributed by atoms with E-state index in [4.69, 9.17) is 4.42 Å². The SMILES string of the molecule is Cc1ccc2c(C[NH2+]C[C@H](Cc3ccccc3)[NH+](C)C)cc(=O)oc2c1C. The van der Waals surface area contributed by atoms with Crippen molar-refractivity contribution in [2.24, 2.45) is 0 Å². The number of nitrogens with one attached hydrogen (secondary N) is 1. The van der Waals surface area contributed by atoms with Gasteiger partial charge in [0.25, 0.3) is 0 Å². The highest BCUT2D eigenvalue weighted by Gasteiger charge is 2.18. The second-order valence-electron chi connectivity index (χ2n) is 7.67. The van der Waals surface area contributed by atoms with Gasteiger partial charge in [0.1, 0.15) is 24.7 Å². The zero-order chi connectivity index (χ0) is 19.4. The monoisotopic (exact) mass is 366 g/mol. The smallest absolute Gasteiger partial charge is 0.336 e. The van der Waals surface area contributed by atoms with E-state index in [2.05, 4.69) is 61.9 Å². The third-order valence-electron chi connectivity index (χ3n) is 5.47. The van der Waals surface area contributed by atoms with Gasteiger partial charge in [-0.05, 0) is 30.5 Å². The van der Waals surface area contributed by atoms with Crippen molar-refractivity contribution in [2.75, 3.05) is 20.6 Å². The van der Waals surface area contributed by atoms with Crippen LogP contribution in [0.15, 0.2) is 57.7 Å². The third kappa shape index (κ3) is 4.65. The lowest BCUT2D eigenvalue weighted by atomic mass is 10.0. The minimum Gasteiger partial charge on any atom is -0.422 e. The summed E-state index contributed by atoms with van der Waals surface area (Å²) in [5.41, 5.74) is 5.08. The van der Waals surface area contributed by atoms with Crippen molar-refractivity contribution in [3.05, 3.63) is 81.2 Å². The molecule has 3 rings (SSSR count). The van der Waals surface area contributed by atoms with Gasteiger partial charge in [-0.2, -0.15) is 0 Å². The summed E-state index contributed by atoms with van der Waals surface area (Å²) in [4.78, 5) is 13.5. The van der Waals surface area contributed by atoms with Crippen LogP contribution in [0.5, 0.6) is 0 Å². The number of rotatable bonds is 7. The second-order valence-corrected chi connectivity index (χ2v) is 7.67. The summed E-state index contributed by atoms with van der Waals surface area (Å²) in [5, 5.41) is 3.36. The lowest BCUT2D eigenvalue weighted by Crippen LogP contribution is -3.14. The van der Waals surface area contributed by atoms with E-state index in [1.165, 1.54) is 10.5 Å². The Balaban J connectivity index is 1.74. The van der Waals surface area contributed by atoms with Gasteiger partial charge in [-0.1, -0.05) is 42.5 Å². The first kappa shape index (κ1) is 19.3. The lowest BCUT2D eigenvalue weighted by Gasteiger charge is -2.20. The van der Waals surface area contributed by atoms with Crippen LogP contribution in [0.25, 0.3) is 11.0 Å². The number of nitrogens with two attached hydrogens (primary N) is 1. The van der Waals surface area contributed by atoms with E-state index in [1.807, 2.05) is 13.8 Å². The molecule has 0 saturated heterocycles. The zero-order valence-corrected chi connectivity index (χ0v) is 16.7. The molecule has 1 heterocycles. The largest absolute Gasteiger partial charge is 0.422 e. The molecule has 27 heavy (non-hydrogen) atoms. The molecule has 0 spiro atoms. The molecule has 0 aliphatic heterocycles. The maximum absolute atomic E-state index is 12.0. The Morgan fingerprint density at radius 2 is 1.81 bits per heavy atom. The van der Waals surface area contributed by atoms with E-state index >= 15 is 0 Å². The minimum absolute atomic E-state index is 0.265. The van der Waals surface area contributed by atoms with E-state index in [9.17, 15) is 4.79 Å². The molecule has 0 amide bonds. The fourth-order valence-corrected chi connectivity index (χ4v) is 3.56. The first-order valence-electron chi connectivity index (χ1n) is 9.64. The number of hydrogen-bond acceptors (Lipinski definition) is 2. The van der Waals surface area contributed by atoms with Crippen molar-refractivity contribution in [1.29, 1.82) is 0 Å². The standard InChI is InChI=1S/C23H28N2O2/c1-16-10-11-21-19(13-22(26)27-23(21)17(16)2)14-24-15-20(25(3)4)12-18-8-6-5-7-9-18/h5-11,13,20,24H,12,14-15H2,1-4H3/p+2/t20-/m0/s1. The molecular formula is C23H30N2O2+2. The van der Waals surface area contributed by atoms with Crippen molar-refractivity contribution in [1.82, 2.24) is 0 Å². The summed E-state index contributed by atoms with van der Waals surface area (Å²) in [6.45, 7) is 5.84. The van der Waals surface area contributed by atoms with Crippen LogP contribution in [-0.4, -0.2) is 26.7 Å². The molecule has 0 aliphatic carbocycles. The summed E-state index contributed by atoms with van der Waals surface area (Å²) in [7, 11) is 4.42. The number of benzene rings is 2. The molecule has 0 saturated carbocycles.